The van der Waals surface area contributed by atoms with Gasteiger partial charge in [0.2, 0.25) is 11.9 Å². The predicted molar refractivity (Wildman–Crippen MR) is 121 cm³/mol. The second-order valence-corrected chi connectivity index (χ2v) is 7.74. The number of carbonyl (C=O) groups excluding carboxylic acids is 2. The smallest absolute Gasteiger partial charge is 0.253 e. The number of fused-ring (bicyclic) bond motifs is 3. The number of nitrogens with one attached hydrogen (secondary N) is 1. The van der Waals surface area contributed by atoms with E-state index in [-0.39, 0.29) is 18.0 Å². The number of para-hydroxylation sites is 3. The van der Waals surface area contributed by atoms with Crippen LogP contribution in [0.25, 0.3) is 11.0 Å². The number of amides is 2. The molecule has 0 radical (unpaired) electrons. The summed E-state index contributed by atoms with van der Waals surface area (Å²) in [7, 11) is 0. The second-order valence-electron chi connectivity index (χ2n) is 7.74. The Balaban J connectivity index is 1.43. The van der Waals surface area contributed by atoms with E-state index in [1.54, 1.807) is 17.0 Å². The van der Waals surface area contributed by atoms with Crippen LogP contribution in [-0.4, -0.2) is 27.9 Å². The lowest BCUT2D eigenvalue weighted by Crippen LogP contribution is -2.33. The first-order chi connectivity index (χ1) is 15.6. The van der Waals surface area contributed by atoms with Gasteiger partial charge in [0.05, 0.1) is 23.1 Å². The number of hydrogen-bond acceptors (Lipinski definition) is 3. The summed E-state index contributed by atoms with van der Waals surface area (Å²) in [5.74, 6) is -0.590. The van der Waals surface area contributed by atoms with Crippen molar-refractivity contribution in [3.63, 3.8) is 0 Å². The average molecular weight is 428 g/mol. The SMILES string of the molecule is O=C(C[C@@H]1C(=O)N(CCc2ccccc2)c2nc3ccccc3n21)Nc1ccccc1F. The molecule has 0 saturated carbocycles. The number of imidazole rings is 1. The lowest BCUT2D eigenvalue weighted by molar-refractivity contribution is -0.124. The molecule has 5 rings (SSSR count). The minimum Gasteiger partial charge on any atom is -0.324 e. The third-order valence-corrected chi connectivity index (χ3v) is 5.67. The summed E-state index contributed by atoms with van der Waals surface area (Å²) < 4.78 is 15.8. The number of benzene rings is 3. The molecule has 0 saturated heterocycles. The van der Waals surface area contributed by atoms with Gasteiger partial charge in [-0.3, -0.25) is 19.1 Å². The van der Waals surface area contributed by atoms with Gasteiger partial charge in [0.15, 0.2) is 0 Å². The van der Waals surface area contributed by atoms with Crippen LogP contribution >= 0.6 is 0 Å². The summed E-state index contributed by atoms with van der Waals surface area (Å²) in [5, 5.41) is 2.58. The molecule has 0 aliphatic carbocycles. The molecule has 0 fully saturated rings. The molecular formula is C25H21FN4O2. The third-order valence-electron chi connectivity index (χ3n) is 5.67. The van der Waals surface area contributed by atoms with E-state index in [4.69, 9.17) is 0 Å². The van der Waals surface area contributed by atoms with Crippen molar-refractivity contribution in [1.29, 1.82) is 0 Å². The van der Waals surface area contributed by atoms with Gasteiger partial charge in [0, 0.05) is 6.54 Å². The van der Waals surface area contributed by atoms with Gasteiger partial charge in [0.25, 0.3) is 5.91 Å². The van der Waals surface area contributed by atoms with Crippen molar-refractivity contribution in [2.24, 2.45) is 0 Å². The lowest BCUT2D eigenvalue weighted by Gasteiger charge is -2.16. The van der Waals surface area contributed by atoms with Crippen LogP contribution in [0.15, 0.2) is 78.9 Å². The van der Waals surface area contributed by atoms with E-state index < -0.39 is 17.8 Å². The van der Waals surface area contributed by atoms with Gasteiger partial charge in [-0.05, 0) is 36.2 Å². The number of rotatable bonds is 6. The van der Waals surface area contributed by atoms with Gasteiger partial charge in [-0.1, -0.05) is 54.6 Å². The fourth-order valence-electron chi connectivity index (χ4n) is 4.13. The lowest BCUT2D eigenvalue weighted by atomic mass is 10.1. The van der Waals surface area contributed by atoms with E-state index in [1.807, 2.05) is 59.2 Å². The molecule has 7 heteroatoms. The fourth-order valence-corrected chi connectivity index (χ4v) is 4.13. The minimum atomic E-state index is -0.736. The van der Waals surface area contributed by atoms with Crippen LogP contribution < -0.4 is 10.2 Å². The van der Waals surface area contributed by atoms with Crippen LogP contribution in [0.4, 0.5) is 16.0 Å². The van der Waals surface area contributed by atoms with E-state index in [0.717, 1.165) is 16.6 Å². The maximum atomic E-state index is 14.0. The zero-order valence-corrected chi connectivity index (χ0v) is 17.2. The summed E-state index contributed by atoms with van der Waals surface area (Å²) >= 11 is 0. The highest BCUT2D eigenvalue weighted by Crippen LogP contribution is 2.36. The Labute approximate surface area is 184 Å². The first-order valence-electron chi connectivity index (χ1n) is 10.5. The van der Waals surface area contributed by atoms with Crippen LogP contribution in [0, 0.1) is 5.82 Å². The molecule has 1 atom stereocenters. The van der Waals surface area contributed by atoms with Crippen LogP contribution in [0.1, 0.15) is 18.0 Å². The van der Waals surface area contributed by atoms with Crippen molar-refractivity contribution in [1.82, 2.24) is 9.55 Å². The van der Waals surface area contributed by atoms with Crippen LogP contribution in [0.2, 0.25) is 0 Å². The average Bonchev–Trinajstić information content (AvgIpc) is 3.29. The number of halogens is 1. The molecule has 2 heterocycles. The number of aromatic nitrogens is 2. The second kappa shape index (κ2) is 8.26. The van der Waals surface area contributed by atoms with E-state index >= 15 is 0 Å². The summed E-state index contributed by atoms with van der Waals surface area (Å²) in [4.78, 5) is 32.4. The highest BCUT2D eigenvalue weighted by molar-refractivity contribution is 6.05. The molecule has 1 N–H and O–H groups in total. The summed E-state index contributed by atoms with van der Waals surface area (Å²) in [5.41, 5.74) is 2.77. The first-order valence-corrected chi connectivity index (χ1v) is 10.5. The molecule has 0 unspecified atom stereocenters. The summed E-state index contributed by atoms with van der Waals surface area (Å²) in [6.07, 6.45) is 0.562. The topological polar surface area (TPSA) is 67.2 Å². The Morgan fingerprint density at radius 3 is 2.50 bits per heavy atom. The fraction of sp³-hybridized carbons (Fsp3) is 0.160. The highest BCUT2D eigenvalue weighted by Gasteiger charge is 2.40. The molecule has 3 aromatic carbocycles. The van der Waals surface area contributed by atoms with Gasteiger partial charge in [-0.15, -0.1) is 0 Å². The van der Waals surface area contributed by atoms with Gasteiger partial charge in [-0.25, -0.2) is 9.37 Å². The number of carbonyl (C=O) groups is 2. The number of anilines is 2. The van der Waals surface area contributed by atoms with E-state index in [1.165, 1.54) is 12.1 Å². The normalized spacial score (nSPS) is 15.2. The van der Waals surface area contributed by atoms with Crippen molar-refractivity contribution >= 4 is 34.5 Å². The summed E-state index contributed by atoms with van der Waals surface area (Å²) in [6.45, 7) is 0.456. The molecule has 1 aliphatic rings. The van der Waals surface area contributed by atoms with Gasteiger partial charge >= 0.3 is 0 Å². The minimum absolute atomic E-state index is 0.0968. The van der Waals surface area contributed by atoms with E-state index in [9.17, 15) is 14.0 Å². The molecule has 4 aromatic rings. The number of nitrogens with zero attached hydrogens (tertiary/aromatic N) is 3. The largest absolute Gasteiger partial charge is 0.324 e. The van der Waals surface area contributed by atoms with Crippen molar-refractivity contribution < 1.29 is 14.0 Å². The van der Waals surface area contributed by atoms with Gasteiger partial charge in [0.1, 0.15) is 11.9 Å². The molecule has 32 heavy (non-hydrogen) atoms. The van der Waals surface area contributed by atoms with Gasteiger partial charge < -0.3 is 5.32 Å². The number of hydrogen-bond donors (Lipinski definition) is 1. The highest BCUT2D eigenvalue weighted by atomic mass is 19.1. The van der Waals surface area contributed by atoms with Crippen molar-refractivity contribution in [2.45, 2.75) is 18.9 Å². The first kappa shape index (κ1) is 19.9. The molecule has 0 bridgehead atoms. The van der Waals surface area contributed by atoms with E-state index in [2.05, 4.69) is 10.3 Å². The Bertz CT molecular complexity index is 1300. The standard InChI is InChI=1S/C25H21FN4O2/c26-18-10-4-5-11-19(18)27-23(31)16-22-24(32)29(15-14-17-8-2-1-3-9-17)25-28-20-12-6-7-13-21(20)30(22)25/h1-13,22H,14-16H2,(H,27,31)/t22-/m1/s1. The van der Waals surface area contributed by atoms with Crippen molar-refractivity contribution in [2.75, 3.05) is 16.8 Å². The monoisotopic (exact) mass is 428 g/mol. The van der Waals surface area contributed by atoms with E-state index in [0.29, 0.717) is 18.9 Å². The van der Waals surface area contributed by atoms with Crippen molar-refractivity contribution in [3.8, 4) is 0 Å². The summed E-state index contributed by atoms with van der Waals surface area (Å²) in [6, 6.07) is 22.7. The molecule has 160 valence electrons. The quantitative estimate of drug-likeness (QED) is 0.497. The Hall–Kier alpha value is -4.00. The Kier molecular flexibility index (Phi) is 5.15. The maximum Gasteiger partial charge on any atom is 0.253 e. The zero-order valence-electron chi connectivity index (χ0n) is 17.2. The Morgan fingerprint density at radius 1 is 0.969 bits per heavy atom. The maximum absolute atomic E-state index is 14.0. The van der Waals surface area contributed by atoms with Crippen LogP contribution in [0.5, 0.6) is 0 Å². The molecule has 6 nitrogen and oxygen atoms in total. The molecule has 2 amide bonds. The zero-order chi connectivity index (χ0) is 22.1. The predicted octanol–water partition coefficient (Wildman–Crippen LogP) is 4.33. The third kappa shape index (κ3) is 3.62. The van der Waals surface area contributed by atoms with Crippen molar-refractivity contribution in [3.05, 3.63) is 90.2 Å². The molecule has 0 spiro atoms. The molecule has 1 aromatic heterocycles. The van der Waals surface area contributed by atoms with Gasteiger partial charge in [-0.2, -0.15) is 0 Å². The molecular weight excluding hydrogens is 407 g/mol. The molecule has 1 aliphatic heterocycles. The van der Waals surface area contributed by atoms with Crippen LogP contribution in [0.3, 0.4) is 0 Å². The Morgan fingerprint density at radius 2 is 1.69 bits per heavy atom. The van der Waals surface area contributed by atoms with Crippen LogP contribution in [-0.2, 0) is 16.0 Å².